The molecular weight excluding hydrogens is 453 g/mol. The maximum absolute atomic E-state index is 13.8. The number of benzene rings is 2. The number of carbonyl (C=O) groups excluding carboxylic acids is 1. The van der Waals surface area contributed by atoms with Crippen LogP contribution < -0.4 is 14.9 Å². The second-order valence-corrected chi connectivity index (χ2v) is 7.95. The molecule has 182 valence electrons. The Balaban J connectivity index is 1.98. The Morgan fingerprint density at radius 1 is 1.06 bits per heavy atom. The van der Waals surface area contributed by atoms with Crippen molar-refractivity contribution in [2.24, 2.45) is 0 Å². The van der Waals surface area contributed by atoms with Gasteiger partial charge in [-0.1, -0.05) is 19.4 Å². The molecule has 3 aromatic rings. The molecular formula is C25H25F3O6. The fraction of sp³-hybridized carbons (Fsp3) is 0.360. The van der Waals surface area contributed by atoms with E-state index in [0.29, 0.717) is 6.42 Å². The van der Waals surface area contributed by atoms with Gasteiger partial charge in [0.1, 0.15) is 17.1 Å². The van der Waals surface area contributed by atoms with Crippen molar-refractivity contribution in [1.82, 2.24) is 0 Å². The number of halogens is 3. The van der Waals surface area contributed by atoms with Gasteiger partial charge in [0.25, 0.3) is 5.76 Å². The van der Waals surface area contributed by atoms with Gasteiger partial charge in [0, 0.05) is 6.07 Å². The maximum Gasteiger partial charge on any atom is 0.453 e. The van der Waals surface area contributed by atoms with E-state index in [1.165, 1.54) is 31.2 Å². The van der Waals surface area contributed by atoms with Crippen molar-refractivity contribution in [1.29, 1.82) is 0 Å². The summed E-state index contributed by atoms with van der Waals surface area (Å²) in [6, 6.07) is 8.62. The van der Waals surface area contributed by atoms with Crippen LogP contribution in [0.15, 0.2) is 45.6 Å². The van der Waals surface area contributed by atoms with Crippen molar-refractivity contribution in [3.05, 3.63) is 63.5 Å². The van der Waals surface area contributed by atoms with Gasteiger partial charge in [-0.3, -0.25) is 4.79 Å². The number of fused-ring (bicyclic) bond motifs is 1. The SMILES string of the molecule is CCCCOC(=O)[C@H](C)Oc1ccc2c(=O)c(Oc3cc(C)cc(C)c3)c(C(F)(F)F)oc2c1. The number of hydrogen-bond acceptors (Lipinski definition) is 6. The maximum atomic E-state index is 13.8. The smallest absolute Gasteiger partial charge is 0.453 e. The fourth-order valence-corrected chi connectivity index (χ4v) is 3.31. The average molecular weight is 478 g/mol. The molecule has 0 fully saturated rings. The fourth-order valence-electron chi connectivity index (χ4n) is 3.31. The van der Waals surface area contributed by atoms with Gasteiger partial charge in [0.05, 0.1) is 12.0 Å². The number of rotatable bonds is 8. The molecule has 0 saturated heterocycles. The van der Waals surface area contributed by atoms with Crippen LogP contribution in [0.3, 0.4) is 0 Å². The van der Waals surface area contributed by atoms with Crippen LogP contribution >= 0.6 is 0 Å². The summed E-state index contributed by atoms with van der Waals surface area (Å²) in [6.45, 7) is 7.17. The van der Waals surface area contributed by atoms with Crippen LogP contribution in [-0.4, -0.2) is 18.7 Å². The summed E-state index contributed by atoms with van der Waals surface area (Å²) in [5, 5.41) is -0.127. The molecule has 1 heterocycles. The van der Waals surface area contributed by atoms with Crippen LogP contribution in [0.4, 0.5) is 13.2 Å². The van der Waals surface area contributed by atoms with E-state index in [0.717, 1.165) is 23.6 Å². The highest BCUT2D eigenvalue weighted by Gasteiger charge is 2.40. The average Bonchev–Trinajstić information content (AvgIpc) is 2.74. The first-order valence-electron chi connectivity index (χ1n) is 10.8. The van der Waals surface area contributed by atoms with E-state index in [4.69, 9.17) is 18.6 Å². The normalized spacial score (nSPS) is 12.4. The first kappa shape index (κ1) is 25.1. The van der Waals surface area contributed by atoms with E-state index in [2.05, 4.69) is 0 Å². The van der Waals surface area contributed by atoms with Gasteiger partial charge in [-0.25, -0.2) is 4.79 Å². The Labute approximate surface area is 194 Å². The number of hydrogen-bond donors (Lipinski definition) is 0. The summed E-state index contributed by atoms with van der Waals surface area (Å²) in [5.74, 6) is -2.99. The third-order valence-corrected chi connectivity index (χ3v) is 4.88. The van der Waals surface area contributed by atoms with Crippen LogP contribution in [0.5, 0.6) is 17.2 Å². The van der Waals surface area contributed by atoms with E-state index in [-0.39, 0.29) is 29.1 Å². The molecule has 0 N–H and O–H groups in total. The number of carbonyl (C=O) groups is 1. The molecule has 0 bridgehead atoms. The zero-order valence-corrected chi connectivity index (χ0v) is 19.2. The summed E-state index contributed by atoms with van der Waals surface area (Å²) in [7, 11) is 0. The van der Waals surface area contributed by atoms with Crippen molar-refractivity contribution < 1.29 is 36.6 Å². The lowest BCUT2D eigenvalue weighted by Gasteiger charge is -2.16. The molecule has 0 radical (unpaired) electrons. The minimum absolute atomic E-state index is 0.0479. The quantitative estimate of drug-likeness (QED) is 0.278. The molecule has 0 amide bonds. The largest absolute Gasteiger partial charge is 0.479 e. The molecule has 0 aliphatic carbocycles. The minimum atomic E-state index is -4.99. The van der Waals surface area contributed by atoms with E-state index < -0.39 is 35.2 Å². The molecule has 0 unspecified atom stereocenters. The lowest BCUT2D eigenvalue weighted by molar-refractivity contribution is -0.154. The molecule has 3 rings (SSSR count). The molecule has 6 nitrogen and oxygen atoms in total. The topological polar surface area (TPSA) is 75.0 Å². The van der Waals surface area contributed by atoms with Crippen LogP contribution in [0.2, 0.25) is 0 Å². The molecule has 0 saturated carbocycles. The van der Waals surface area contributed by atoms with Gasteiger partial charge in [-0.05, 0) is 62.6 Å². The van der Waals surface area contributed by atoms with Crippen LogP contribution in [0.1, 0.15) is 43.6 Å². The molecule has 0 spiro atoms. The summed E-state index contributed by atoms with van der Waals surface area (Å²) in [4.78, 5) is 25.0. The van der Waals surface area contributed by atoms with Crippen molar-refractivity contribution in [3.63, 3.8) is 0 Å². The summed E-state index contributed by atoms with van der Waals surface area (Å²) < 4.78 is 62.4. The number of esters is 1. The Hall–Kier alpha value is -3.49. The van der Waals surface area contributed by atoms with Gasteiger partial charge in [0.15, 0.2) is 6.10 Å². The number of alkyl halides is 3. The summed E-state index contributed by atoms with van der Waals surface area (Å²) >= 11 is 0. The van der Waals surface area contributed by atoms with Crippen LogP contribution in [0, 0.1) is 13.8 Å². The van der Waals surface area contributed by atoms with Gasteiger partial charge in [-0.2, -0.15) is 13.2 Å². The molecule has 0 aliphatic rings. The highest BCUT2D eigenvalue weighted by Crippen LogP contribution is 2.39. The molecule has 9 heteroatoms. The van der Waals surface area contributed by atoms with Gasteiger partial charge < -0.3 is 18.6 Å². The predicted octanol–water partition coefficient (Wildman–Crippen LogP) is 6.33. The zero-order chi connectivity index (χ0) is 25.0. The Kier molecular flexibility index (Phi) is 7.54. The third-order valence-electron chi connectivity index (χ3n) is 4.88. The third kappa shape index (κ3) is 5.89. The first-order valence-corrected chi connectivity index (χ1v) is 10.8. The van der Waals surface area contributed by atoms with E-state index in [1.54, 1.807) is 13.8 Å². The Morgan fingerprint density at radius 3 is 2.35 bits per heavy atom. The Bertz CT molecular complexity index is 1230. The molecule has 1 atom stereocenters. The van der Waals surface area contributed by atoms with Crippen molar-refractivity contribution in [2.45, 2.75) is 52.8 Å². The lowest BCUT2D eigenvalue weighted by atomic mass is 10.1. The van der Waals surface area contributed by atoms with Gasteiger partial charge >= 0.3 is 12.1 Å². The van der Waals surface area contributed by atoms with Crippen molar-refractivity contribution >= 4 is 16.9 Å². The number of ether oxygens (including phenoxy) is 3. The summed E-state index contributed by atoms with van der Waals surface area (Å²) in [5.41, 5.74) is 0.191. The lowest BCUT2D eigenvalue weighted by Crippen LogP contribution is -2.26. The molecule has 1 aromatic heterocycles. The Morgan fingerprint density at radius 2 is 1.74 bits per heavy atom. The highest BCUT2D eigenvalue weighted by molar-refractivity contribution is 5.80. The molecule has 0 aliphatic heterocycles. The van der Waals surface area contributed by atoms with Gasteiger partial charge in [-0.15, -0.1) is 0 Å². The number of unbranched alkanes of at least 4 members (excludes halogenated alkanes) is 1. The van der Waals surface area contributed by atoms with Crippen molar-refractivity contribution in [3.8, 4) is 17.2 Å². The predicted molar refractivity (Wildman–Crippen MR) is 119 cm³/mol. The van der Waals surface area contributed by atoms with E-state index in [1.807, 2.05) is 13.0 Å². The van der Waals surface area contributed by atoms with E-state index in [9.17, 15) is 22.8 Å². The minimum Gasteiger partial charge on any atom is -0.479 e. The van der Waals surface area contributed by atoms with E-state index >= 15 is 0 Å². The molecule has 2 aromatic carbocycles. The van der Waals surface area contributed by atoms with Crippen LogP contribution in [0.25, 0.3) is 11.0 Å². The monoisotopic (exact) mass is 478 g/mol. The highest BCUT2D eigenvalue weighted by atomic mass is 19.4. The second-order valence-electron chi connectivity index (χ2n) is 7.95. The zero-order valence-electron chi connectivity index (χ0n) is 19.2. The van der Waals surface area contributed by atoms with Crippen LogP contribution in [-0.2, 0) is 15.7 Å². The summed E-state index contributed by atoms with van der Waals surface area (Å²) in [6.07, 6.45) is -4.44. The standard InChI is InChI=1S/C25H25F3O6/c1-5-6-9-31-24(30)16(4)32-17-7-8-19-20(13-17)34-23(25(26,27)28)22(21(19)29)33-18-11-14(2)10-15(3)12-18/h7-8,10-13,16H,5-6,9H2,1-4H3/t16-/m0/s1. The van der Waals surface area contributed by atoms with Gasteiger partial charge in [0.2, 0.25) is 11.2 Å². The number of aryl methyl sites for hydroxylation is 2. The molecule has 34 heavy (non-hydrogen) atoms. The first-order chi connectivity index (χ1) is 16.0. The van der Waals surface area contributed by atoms with Crippen molar-refractivity contribution in [2.75, 3.05) is 6.61 Å². The second kappa shape index (κ2) is 10.2.